The maximum atomic E-state index is 9.04. The third-order valence-electron chi connectivity index (χ3n) is 3.36. The maximum absolute atomic E-state index is 9.04. The van der Waals surface area contributed by atoms with Crippen molar-refractivity contribution in [2.45, 2.75) is 45.1 Å². The first-order chi connectivity index (χ1) is 8.48. The first-order valence-electron chi connectivity index (χ1n) is 6.61. The summed E-state index contributed by atoms with van der Waals surface area (Å²) < 4.78 is 5.62. The molecule has 0 spiro atoms. The number of aliphatic hydroxyl groups is 1. The van der Waals surface area contributed by atoms with Crippen molar-refractivity contribution in [3.63, 3.8) is 0 Å². The molecule has 0 aliphatic rings. The van der Waals surface area contributed by atoms with Gasteiger partial charge in [-0.15, -0.1) is 0 Å². The number of rotatable bonds is 7. The van der Waals surface area contributed by atoms with Crippen LogP contribution in [0.3, 0.4) is 0 Å². The molecule has 0 fully saturated rings. The van der Waals surface area contributed by atoms with E-state index in [4.69, 9.17) is 15.6 Å². The summed E-state index contributed by atoms with van der Waals surface area (Å²) in [6, 6.07) is 8.21. The summed E-state index contributed by atoms with van der Waals surface area (Å²) in [5, 5.41) is 9.04. The second-order valence-electron chi connectivity index (χ2n) is 5.29. The Balaban J connectivity index is 2.45. The molecule has 102 valence electrons. The third-order valence-corrected chi connectivity index (χ3v) is 3.36. The van der Waals surface area contributed by atoms with Crippen molar-refractivity contribution in [2.24, 2.45) is 5.73 Å². The van der Waals surface area contributed by atoms with Gasteiger partial charge in [0.05, 0.1) is 13.2 Å². The summed E-state index contributed by atoms with van der Waals surface area (Å²) in [4.78, 5) is 0. The van der Waals surface area contributed by atoms with Crippen LogP contribution in [0.4, 0.5) is 0 Å². The Hall–Kier alpha value is -1.06. The average Bonchev–Trinajstić information content (AvgIpc) is 2.38. The van der Waals surface area contributed by atoms with Crippen LogP contribution >= 0.6 is 0 Å². The molecule has 0 saturated heterocycles. The molecule has 0 bridgehead atoms. The van der Waals surface area contributed by atoms with Crippen LogP contribution in [0.15, 0.2) is 24.3 Å². The van der Waals surface area contributed by atoms with E-state index in [1.165, 1.54) is 5.56 Å². The fourth-order valence-corrected chi connectivity index (χ4v) is 1.61. The van der Waals surface area contributed by atoms with Gasteiger partial charge in [0.1, 0.15) is 5.75 Å². The van der Waals surface area contributed by atoms with Crippen molar-refractivity contribution < 1.29 is 9.84 Å². The van der Waals surface area contributed by atoms with Crippen LogP contribution in [0.25, 0.3) is 0 Å². The molecule has 2 atom stereocenters. The molecule has 3 N–H and O–H groups in total. The molecule has 0 radical (unpaired) electrons. The molecule has 18 heavy (non-hydrogen) atoms. The zero-order chi connectivity index (χ0) is 13.6. The van der Waals surface area contributed by atoms with Gasteiger partial charge in [-0.3, -0.25) is 0 Å². The van der Waals surface area contributed by atoms with Gasteiger partial charge in [-0.1, -0.05) is 26.0 Å². The van der Waals surface area contributed by atoms with Crippen molar-refractivity contribution in [3.8, 4) is 5.75 Å². The van der Waals surface area contributed by atoms with E-state index in [2.05, 4.69) is 26.0 Å². The standard InChI is InChI=1S/C15H25NO2/c1-4-12(2)13-5-7-14(8-6-13)18-10-9-15(3,16)11-17/h5-8,12,17H,4,9-11,16H2,1-3H3. The Morgan fingerprint density at radius 1 is 1.33 bits per heavy atom. The summed E-state index contributed by atoms with van der Waals surface area (Å²) in [7, 11) is 0. The Morgan fingerprint density at radius 3 is 2.44 bits per heavy atom. The third kappa shape index (κ3) is 4.67. The molecule has 2 unspecified atom stereocenters. The minimum absolute atomic E-state index is 0.0245. The van der Waals surface area contributed by atoms with Gasteiger partial charge in [0, 0.05) is 12.0 Å². The molecule has 3 nitrogen and oxygen atoms in total. The smallest absolute Gasteiger partial charge is 0.119 e. The molecule has 0 aliphatic heterocycles. The highest BCUT2D eigenvalue weighted by molar-refractivity contribution is 5.29. The highest BCUT2D eigenvalue weighted by atomic mass is 16.5. The second-order valence-corrected chi connectivity index (χ2v) is 5.29. The van der Waals surface area contributed by atoms with E-state index < -0.39 is 5.54 Å². The van der Waals surface area contributed by atoms with Crippen LogP contribution in [0.2, 0.25) is 0 Å². The number of nitrogens with two attached hydrogens (primary N) is 1. The fourth-order valence-electron chi connectivity index (χ4n) is 1.61. The number of hydrogen-bond donors (Lipinski definition) is 2. The van der Waals surface area contributed by atoms with E-state index in [0.29, 0.717) is 18.9 Å². The lowest BCUT2D eigenvalue weighted by Crippen LogP contribution is -2.41. The van der Waals surface area contributed by atoms with Crippen LogP contribution in [-0.2, 0) is 0 Å². The predicted octanol–water partition coefficient (Wildman–Crippen LogP) is 2.68. The van der Waals surface area contributed by atoms with Gasteiger partial charge in [-0.05, 0) is 37.0 Å². The van der Waals surface area contributed by atoms with Gasteiger partial charge >= 0.3 is 0 Å². The highest BCUT2D eigenvalue weighted by Crippen LogP contribution is 2.21. The van der Waals surface area contributed by atoms with Gasteiger partial charge in [-0.2, -0.15) is 0 Å². The monoisotopic (exact) mass is 251 g/mol. The van der Waals surface area contributed by atoms with E-state index in [1.54, 1.807) is 0 Å². The van der Waals surface area contributed by atoms with Crippen molar-refractivity contribution in [3.05, 3.63) is 29.8 Å². The van der Waals surface area contributed by atoms with Gasteiger partial charge in [0.2, 0.25) is 0 Å². The van der Waals surface area contributed by atoms with E-state index >= 15 is 0 Å². The van der Waals surface area contributed by atoms with Gasteiger partial charge in [-0.25, -0.2) is 0 Å². The molecule has 1 rings (SSSR count). The second kappa shape index (κ2) is 6.76. The Morgan fingerprint density at radius 2 is 1.94 bits per heavy atom. The van der Waals surface area contributed by atoms with E-state index in [0.717, 1.165) is 12.2 Å². The zero-order valence-electron chi connectivity index (χ0n) is 11.6. The van der Waals surface area contributed by atoms with Crippen LogP contribution in [0.5, 0.6) is 5.75 Å². The normalized spacial score (nSPS) is 16.1. The number of aliphatic hydroxyl groups excluding tert-OH is 1. The SMILES string of the molecule is CCC(C)c1ccc(OCCC(C)(N)CO)cc1. The zero-order valence-corrected chi connectivity index (χ0v) is 11.6. The lowest BCUT2D eigenvalue weighted by Gasteiger charge is -2.21. The van der Waals surface area contributed by atoms with Crippen LogP contribution in [-0.4, -0.2) is 23.9 Å². The predicted molar refractivity (Wildman–Crippen MR) is 74.9 cm³/mol. The van der Waals surface area contributed by atoms with Crippen molar-refractivity contribution >= 4 is 0 Å². The minimum atomic E-state index is -0.559. The van der Waals surface area contributed by atoms with E-state index in [9.17, 15) is 0 Å². The summed E-state index contributed by atoms with van der Waals surface area (Å²) in [5.41, 5.74) is 6.61. The molecule has 1 aromatic rings. The van der Waals surface area contributed by atoms with Crippen molar-refractivity contribution in [2.75, 3.05) is 13.2 Å². The van der Waals surface area contributed by atoms with Gasteiger partial charge < -0.3 is 15.6 Å². The van der Waals surface area contributed by atoms with Crippen molar-refractivity contribution in [1.29, 1.82) is 0 Å². The van der Waals surface area contributed by atoms with Crippen molar-refractivity contribution in [1.82, 2.24) is 0 Å². The Labute approximate surface area is 110 Å². The number of hydrogen-bond acceptors (Lipinski definition) is 3. The molecule has 0 heterocycles. The van der Waals surface area contributed by atoms with E-state index in [-0.39, 0.29) is 6.61 Å². The molecule has 1 aromatic carbocycles. The van der Waals surface area contributed by atoms with Crippen LogP contribution < -0.4 is 10.5 Å². The molecule has 0 aromatic heterocycles. The Kier molecular flexibility index (Phi) is 5.63. The lowest BCUT2D eigenvalue weighted by atomic mass is 9.99. The summed E-state index contributed by atoms with van der Waals surface area (Å²) in [6.07, 6.45) is 1.78. The van der Waals surface area contributed by atoms with E-state index in [1.807, 2.05) is 19.1 Å². The first kappa shape index (κ1) is 15.0. The fraction of sp³-hybridized carbons (Fsp3) is 0.600. The molecule has 0 aliphatic carbocycles. The molecular formula is C15H25NO2. The van der Waals surface area contributed by atoms with Gasteiger partial charge in [0.15, 0.2) is 0 Å². The molecular weight excluding hydrogens is 226 g/mol. The molecule has 0 saturated carbocycles. The largest absolute Gasteiger partial charge is 0.494 e. The molecule has 0 amide bonds. The topological polar surface area (TPSA) is 55.5 Å². The number of benzene rings is 1. The lowest BCUT2D eigenvalue weighted by molar-refractivity contribution is 0.175. The first-order valence-corrected chi connectivity index (χ1v) is 6.61. The Bertz CT molecular complexity index is 346. The quantitative estimate of drug-likeness (QED) is 0.783. The highest BCUT2D eigenvalue weighted by Gasteiger charge is 2.16. The molecule has 3 heteroatoms. The number of ether oxygens (including phenoxy) is 1. The minimum Gasteiger partial charge on any atom is -0.494 e. The maximum Gasteiger partial charge on any atom is 0.119 e. The van der Waals surface area contributed by atoms with Gasteiger partial charge in [0.25, 0.3) is 0 Å². The summed E-state index contributed by atoms with van der Waals surface area (Å²) >= 11 is 0. The van der Waals surface area contributed by atoms with Crippen LogP contribution in [0.1, 0.15) is 45.1 Å². The summed E-state index contributed by atoms with van der Waals surface area (Å²) in [6.45, 7) is 6.73. The average molecular weight is 251 g/mol. The van der Waals surface area contributed by atoms with Crippen LogP contribution in [0, 0.1) is 0 Å². The summed E-state index contributed by atoms with van der Waals surface area (Å²) in [5.74, 6) is 1.44.